The maximum absolute atomic E-state index is 13.0. The van der Waals surface area contributed by atoms with Gasteiger partial charge < -0.3 is 5.32 Å². The molecule has 1 saturated carbocycles. The maximum Gasteiger partial charge on any atom is 0.416 e. The average molecular weight is 379 g/mol. The van der Waals surface area contributed by atoms with Crippen LogP contribution >= 0.6 is 0 Å². The van der Waals surface area contributed by atoms with E-state index in [1.54, 1.807) is 32.0 Å². The topological polar surface area (TPSA) is 29.1 Å². The molecule has 27 heavy (non-hydrogen) atoms. The summed E-state index contributed by atoms with van der Waals surface area (Å²) in [5.74, 6) is -0.539. The van der Waals surface area contributed by atoms with Crippen molar-refractivity contribution in [2.45, 2.75) is 37.8 Å². The zero-order valence-electron chi connectivity index (χ0n) is 15.1. The Morgan fingerprint density at radius 2 is 1.70 bits per heavy atom. The highest BCUT2D eigenvalue weighted by Crippen LogP contribution is 2.47. The van der Waals surface area contributed by atoms with Crippen molar-refractivity contribution in [1.29, 1.82) is 0 Å². The van der Waals surface area contributed by atoms with Crippen LogP contribution in [0.3, 0.4) is 0 Å². The van der Waals surface area contributed by atoms with Crippen molar-refractivity contribution in [2.75, 3.05) is 6.54 Å². The van der Waals surface area contributed by atoms with Crippen LogP contribution in [-0.4, -0.2) is 12.5 Å². The zero-order chi connectivity index (χ0) is 19.8. The Kier molecular flexibility index (Phi) is 5.02. The fourth-order valence-corrected chi connectivity index (χ4v) is 3.22. The van der Waals surface area contributed by atoms with E-state index >= 15 is 0 Å². The number of hydrogen-bond acceptors (Lipinski definition) is 1. The lowest BCUT2D eigenvalue weighted by Gasteiger charge is -2.26. The van der Waals surface area contributed by atoms with Crippen LogP contribution in [0, 0.1) is 11.7 Å². The molecular weight excluding hydrogens is 358 g/mol. The first-order valence-corrected chi connectivity index (χ1v) is 8.79. The number of halogens is 4. The Balaban J connectivity index is 1.61. The second kappa shape index (κ2) is 6.98. The van der Waals surface area contributed by atoms with Gasteiger partial charge in [0.25, 0.3) is 0 Å². The minimum atomic E-state index is -4.40. The highest BCUT2D eigenvalue weighted by atomic mass is 19.4. The molecule has 2 aromatic rings. The molecule has 1 aliphatic carbocycles. The summed E-state index contributed by atoms with van der Waals surface area (Å²) in [6.45, 7) is 3.83. The Hall–Kier alpha value is -2.37. The normalized spacial score (nSPS) is 19.6. The van der Waals surface area contributed by atoms with Gasteiger partial charge in [0.2, 0.25) is 5.91 Å². The lowest BCUT2D eigenvalue weighted by molar-refractivity contribution is -0.137. The number of benzene rings is 2. The summed E-state index contributed by atoms with van der Waals surface area (Å²) in [4.78, 5) is 12.4. The molecule has 0 saturated heterocycles. The van der Waals surface area contributed by atoms with Gasteiger partial charge in [-0.25, -0.2) is 4.39 Å². The highest BCUT2D eigenvalue weighted by Gasteiger charge is 2.44. The summed E-state index contributed by atoms with van der Waals surface area (Å²) >= 11 is 0. The Labute approximate surface area is 155 Å². The van der Waals surface area contributed by atoms with E-state index in [4.69, 9.17) is 0 Å². The van der Waals surface area contributed by atoms with Crippen LogP contribution < -0.4 is 5.32 Å². The monoisotopic (exact) mass is 379 g/mol. The second-order valence-electron chi connectivity index (χ2n) is 7.68. The third-order valence-corrected chi connectivity index (χ3v) is 5.10. The summed E-state index contributed by atoms with van der Waals surface area (Å²) in [7, 11) is 0. The molecule has 0 radical (unpaired) electrons. The smallest absolute Gasteiger partial charge is 0.355 e. The van der Waals surface area contributed by atoms with Gasteiger partial charge >= 0.3 is 6.18 Å². The predicted molar refractivity (Wildman–Crippen MR) is 94.7 cm³/mol. The van der Waals surface area contributed by atoms with Gasteiger partial charge in [0.15, 0.2) is 0 Å². The fourth-order valence-electron chi connectivity index (χ4n) is 3.22. The van der Waals surface area contributed by atoms with Gasteiger partial charge in [-0.2, -0.15) is 13.2 Å². The first kappa shape index (κ1) is 19.4. The molecule has 1 N–H and O–H groups in total. The molecule has 0 spiro atoms. The fraction of sp³-hybridized carbons (Fsp3) is 0.381. The Morgan fingerprint density at radius 1 is 1.07 bits per heavy atom. The van der Waals surface area contributed by atoms with E-state index in [-0.39, 0.29) is 30.1 Å². The molecule has 1 aliphatic rings. The number of nitrogens with one attached hydrogen (secondary N) is 1. The van der Waals surface area contributed by atoms with E-state index < -0.39 is 17.2 Å². The van der Waals surface area contributed by atoms with Gasteiger partial charge in [0.05, 0.1) is 5.56 Å². The zero-order valence-corrected chi connectivity index (χ0v) is 15.1. The summed E-state index contributed by atoms with van der Waals surface area (Å²) in [6.07, 6.45) is -3.70. The molecule has 3 rings (SSSR count). The van der Waals surface area contributed by atoms with Gasteiger partial charge in [0, 0.05) is 17.9 Å². The first-order chi connectivity index (χ1) is 12.6. The molecular formula is C21H21F4NO. The predicted octanol–water partition coefficient (Wildman–Crippen LogP) is 5.04. The van der Waals surface area contributed by atoms with E-state index in [2.05, 4.69) is 5.32 Å². The van der Waals surface area contributed by atoms with Crippen LogP contribution in [0.25, 0.3) is 0 Å². The third-order valence-electron chi connectivity index (χ3n) is 5.10. The van der Waals surface area contributed by atoms with Gasteiger partial charge in [-0.3, -0.25) is 4.79 Å². The largest absolute Gasteiger partial charge is 0.416 e. The SMILES string of the molecule is CC(C)(CNC(=O)C1CC1c1ccc(F)cc1)c1cccc(C(F)(F)F)c1. The van der Waals surface area contributed by atoms with Crippen LogP contribution in [0.1, 0.15) is 42.9 Å². The minimum Gasteiger partial charge on any atom is -0.355 e. The lowest BCUT2D eigenvalue weighted by Crippen LogP contribution is -2.37. The van der Waals surface area contributed by atoms with Gasteiger partial charge in [0.1, 0.15) is 5.82 Å². The van der Waals surface area contributed by atoms with E-state index in [0.717, 1.165) is 17.7 Å². The Bertz CT molecular complexity index is 827. The molecule has 1 fully saturated rings. The van der Waals surface area contributed by atoms with E-state index in [1.165, 1.54) is 18.2 Å². The molecule has 0 aromatic heterocycles. The van der Waals surface area contributed by atoms with Crippen molar-refractivity contribution in [3.63, 3.8) is 0 Å². The molecule has 0 aliphatic heterocycles. The third kappa shape index (κ3) is 4.49. The van der Waals surface area contributed by atoms with Crippen LogP contribution in [0.4, 0.5) is 17.6 Å². The van der Waals surface area contributed by atoms with E-state index in [9.17, 15) is 22.4 Å². The van der Waals surface area contributed by atoms with Gasteiger partial charge in [-0.05, 0) is 41.7 Å². The number of carbonyl (C=O) groups excluding carboxylic acids is 1. The highest BCUT2D eigenvalue weighted by molar-refractivity contribution is 5.83. The quantitative estimate of drug-likeness (QED) is 0.725. The summed E-state index contributed by atoms with van der Waals surface area (Å²) in [5, 5.41) is 2.86. The van der Waals surface area contributed by atoms with Crippen LogP contribution in [0.15, 0.2) is 48.5 Å². The van der Waals surface area contributed by atoms with Gasteiger partial charge in [-0.15, -0.1) is 0 Å². The second-order valence-corrected chi connectivity index (χ2v) is 7.68. The number of carbonyl (C=O) groups is 1. The number of alkyl halides is 3. The molecule has 2 unspecified atom stereocenters. The first-order valence-electron chi connectivity index (χ1n) is 8.79. The lowest BCUT2D eigenvalue weighted by atomic mass is 9.83. The molecule has 144 valence electrons. The molecule has 1 amide bonds. The standard InChI is InChI=1S/C21H21F4NO/c1-20(2,14-4-3-5-15(10-14)21(23,24)25)12-26-19(27)18-11-17(18)13-6-8-16(22)9-7-13/h3-10,17-18H,11-12H2,1-2H3,(H,26,27). The molecule has 0 heterocycles. The van der Waals surface area contributed by atoms with E-state index in [0.29, 0.717) is 12.0 Å². The van der Waals surface area contributed by atoms with Gasteiger partial charge in [-0.1, -0.05) is 44.2 Å². The van der Waals surface area contributed by atoms with Crippen molar-refractivity contribution in [1.82, 2.24) is 5.32 Å². The molecule has 2 nitrogen and oxygen atoms in total. The molecule has 2 atom stereocenters. The summed E-state index contributed by atoms with van der Waals surface area (Å²) in [6, 6.07) is 11.3. The minimum absolute atomic E-state index is 0.0715. The number of amides is 1. The van der Waals surface area contributed by atoms with Crippen molar-refractivity contribution >= 4 is 5.91 Å². The molecule has 2 aromatic carbocycles. The van der Waals surface area contributed by atoms with Crippen LogP contribution in [0.2, 0.25) is 0 Å². The van der Waals surface area contributed by atoms with Crippen LogP contribution in [-0.2, 0) is 16.4 Å². The van der Waals surface area contributed by atoms with Crippen molar-refractivity contribution in [2.24, 2.45) is 5.92 Å². The maximum atomic E-state index is 13.0. The van der Waals surface area contributed by atoms with Crippen LogP contribution in [0.5, 0.6) is 0 Å². The molecule has 0 bridgehead atoms. The van der Waals surface area contributed by atoms with E-state index in [1.807, 2.05) is 0 Å². The average Bonchev–Trinajstić information content (AvgIpc) is 3.40. The van der Waals surface area contributed by atoms with Crippen molar-refractivity contribution in [3.8, 4) is 0 Å². The molecule has 6 heteroatoms. The Morgan fingerprint density at radius 3 is 2.33 bits per heavy atom. The number of hydrogen-bond donors (Lipinski definition) is 1. The van der Waals surface area contributed by atoms with Crippen molar-refractivity contribution < 1.29 is 22.4 Å². The van der Waals surface area contributed by atoms with Crippen molar-refractivity contribution in [3.05, 3.63) is 71.0 Å². The summed E-state index contributed by atoms with van der Waals surface area (Å²) in [5.41, 5.74) is 0.104. The summed E-state index contributed by atoms with van der Waals surface area (Å²) < 4.78 is 51.8. The number of rotatable bonds is 5.